The predicted molar refractivity (Wildman–Crippen MR) is 164 cm³/mol. The van der Waals surface area contributed by atoms with Gasteiger partial charge in [0.25, 0.3) is 0 Å². The number of benzene rings is 2. The molecule has 2 aliphatic rings. The number of rotatable bonds is 2. The predicted octanol–water partition coefficient (Wildman–Crippen LogP) is 8.80. The molecule has 2 saturated carbocycles. The Morgan fingerprint density at radius 1 is 0.875 bits per heavy atom. The second-order valence-corrected chi connectivity index (χ2v) is 14.0. The quantitative estimate of drug-likeness (QED) is 0.261. The molecule has 0 bridgehead atoms. The molecular weight excluding hydrogens is 671 g/mol. The van der Waals surface area contributed by atoms with Gasteiger partial charge in [0.05, 0.1) is 12.2 Å². The van der Waals surface area contributed by atoms with Gasteiger partial charge in [0.2, 0.25) is 0 Å². The number of nitrogens with zero attached hydrogens (tertiary/aromatic N) is 1. The van der Waals surface area contributed by atoms with Gasteiger partial charge in [0, 0.05) is 32.2 Å². The van der Waals surface area contributed by atoms with Crippen LogP contribution in [0.1, 0.15) is 103 Å². The number of hydrogen-bond donors (Lipinski definition) is 2. The largest absolute Gasteiger partial charge is 0.392 e. The van der Waals surface area contributed by atoms with Gasteiger partial charge in [-0.15, -0.1) is 34.9 Å². The Bertz CT molecular complexity index is 1230. The van der Waals surface area contributed by atoms with Crippen LogP contribution in [0.25, 0.3) is 22.0 Å². The van der Waals surface area contributed by atoms with E-state index in [1.165, 1.54) is 47.6 Å². The van der Waals surface area contributed by atoms with Crippen molar-refractivity contribution in [2.75, 3.05) is 0 Å². The molecule has 2 atom stereocenters. The van der Waals surface area contributed by atoms with Gasteiger partial charge in [0.1, 0.15) is 0 Å². The molecule has 2 aromatic carbocycles. The molecule has 2 N–H and O–H groups in total. The number of aliphatic hydroxyl groups excluding tert-OH is 2. The van der Waals surface area contributed by atoms with E-state index in [1.54, 1.807) is 0 Å². The van der Waals surface area contributed by atoms with Crippen molar-refractivity contribution in [2.24, 2.45) is 22.7 Å². The second kappa shape index (κ2) is 13.2. The van der Waals surface area contributed by atoms with Gasteiger partial charge in [-0.1, -0.05) is 86.4 Å². The van der Waals surface area contributed by atoms with Crippen molar-refractivity contribution in [1.29, 1.82) is 0 Å². The van der Waals surface area contributed by atoms with Crippen LogP contribution in [0.4, 0.5) is 0 Å². The van der Waals surface area contributed by atoms with Crippen LogP contribution in [-0.2, 0) is 20.1 Å². The van der Waals surface area contributed by atoms with Crippen LogP contribution < -0.4 is 0 Å². The van der Waals surface area contributed by atoms with Crippen molar-refractivity contribution in [3.05, 3.63) is 65.4 Å². The molecule has 0 spiro atoms. The molecule has 40 heavy (non-hydrogen) atoms. The van der Waals surface area contributed by atoms with E-state index in [1.807, 2.05) is 6.20 Å². The molecule has 5 rings (SSSR count). The third kappa shape index (κ3) is 7.24. The van der Waals surface area contributed by atoms with E-state index >= 15 is 0 Å². The normalized spacial score (nSPS) is 25.6. The molecule has 0 saturated heterocycles. The van der Waals surface area contributed by atoms with Gasteiger partial charge in [0.15, 0.2) is 0 Å². The van der Waals surface area contributed by atoms with Crippen molar-refractivity contribution in [3.8, 4) is 11.3 Å². The Balaban J connectivity index is 0.000000218. The Morgan fingerprint density at radius 3 is 2.02 bits per heavy atom. The van der Waals surface area contributed by atoms with E-state index in [4.69, 9.17) is 0 Å². The van der Waals surface area contributed by atoms with Crippen molar-refractivity contribution in [3.63, 3.8) is 0 Å². The number of pyridine rings is 1. The molecule has 1 aromatic heterocycles. The first-order chi connectivity index (χ1) is 18.3. The Morgan fingerprint density at radius 2 is 1.48 bits per heavy atom. The van der Waals surface area contributed by atoms with Crippen molar-refractivity contribution >= 4 is 10.8 Å². The standard InChI is InChI=1S/C20H20N.C16H30O2.Ir/c1-13(2)16-5-6-19-17(12-16)7-8-21-20(19)18-10-14(3)9-15(4)11-18;1-15(2)9-5-7-11-8-6-10-16(3,4)14(18)12(11)13(15)17;/h5-10,12-13H,1-4H3;11-14,17-18H,5-10H2,1-4H3;/q-1;;. The maximum atomic E-state index is 10.8. The van der Waals surface area contributed by atoms with Crippen molar-refractivity contribution < 1.29 is 30.3 Å². The van der Waals surface area contributed by atoms with Gasteiger partial charge < -0.3 is 15.2 Å². The molecule has 3 nitrogen and oxygen atoms in total. The van der Waals surface area contributed by atoms with Crippen LogP contribution >= 0.6 is 0 Å². The van der Waals surface area contributed by atoms with E-state index in [9.17, 15) is 10.2 Å². The van der Waals surface area contributed by atoms with Crippen LogP contribution in [0.5, 0.6) is 0 Å². The summed E-state index contributed by atoms with van der Waals surface area (Å²) in [5.41, 5.74) is 5.76. The van der Waals surface area contributed by atoms with E-state index in [-0.39, 0.29) is 49.1 Å². The van der Waals surface area contributed by atoms with Crippen LogP contribution in [0.2, 0.25) is 0 Å². The fraction of sp³-hybridized carbons (Fsp3) is 0.583. The van der Waals surface area contributed by atoms with E-state index in [2.05, 4.69) is 103 Å². The summed E-state index contributed by atoms with van der Waals surface area (Å²) in [6, 6.07) is 16.5. The summed E-state index contributed by atoms with van der Waals surface area (Å²) < 4.78 is 0. The zero-order valence-electron chi connectivity index (χ0n) is 25.8. The SMILES string of the molecule is CC1(C)CCCC2CCCC(C)(C)C(O)C2C1O.Cc1[c-]c(-c2nccc3cc(C(C)C)ccc23)cc(C)c1.[Ir]. The molecule has 4 heteroatoms. The number of fused-ring (bicyclic) bond motifs is 2. The minimum atomic E-state index is -0.364. The van der Waals surface area contributed by atoms with Gasteiger partial charge >= 0.3 is 0 Å². The summed E-state index contributed by atoms with van der Waals surface area (Å²) in [7, 11) is 0. The molecule has 0 aliphatic heterocycles. The average molecular weight is 721 g/mol. The third-order valence-electron chi connectivity index (χ3n) is 9.53. The van der Waals surface area contributed by atoms with E-state index in [0.717, 1.165) is 29.7 Å². The van der Waals surface area contributed by atoms with Crippen LogP contribution in [0, 0.1) is 42.6 Å². The Hall–Kier alpha value is -1.58. The minimum absolute atomic E-state index is 0. The van der Waals surface area contributed by atoms with Crippen LogP contribution in [0.3, 0.4) is 0 Å². The summed E-state index contributed by atoms with van der Waals surface area (Å²) in [5, 5.41) is 24.0. The zero-order chi connectivity index (χ0) is 28.5. The average Bonchev–Trinajstić information content (AvgIpc) is 3.04. The Labute approximate surface area is 256 Å². The van der Waals surface area contributed by atoms with Gasteiger partial charge in [-0.3, -0.25) is 0 Å². The minimum Gasteiger partial charge on any atom is -0.392 e. The van der Waals surface area contributed by atoms with Gasteiger partial charge in [-0.05, 0) is 76.4 Å². The smallest absolute Gasteiger partial charge is 0.0646 e. The van der Waals surface area contributed by atoms with Gasteiger partial charge in [-0.25, -0.2) is 0 Å². The molecule has 2 fully saturated rings. The summed E-state index contributed by atoms with van der Waals surface area (Å²) in [4.78, 5) is 4.60. The monoisotopic (exact) mass is 721 g/mol. The van der Waals surface area contributed by atoms with E-state index in [0.29, 0.717) is 11.8 Å². The molecule has 1 radical (unpaired) electrons. The fourth-order valence-electron chi connectivity index (χ4n) is 6.99. The maximum Gasteiger partial charge on any atom is 0.0646 e. The van der Waals surface area contributed by atoms with Crippen molar-refractivity contribution in [2.45, 2.75) is 112 Å². The summed E-state index contributed by atoms with van der Waals surface area (Å²) in [6.45, 7) is 17.3. The molecule has 221 valence electrons. The maximum absolute atomic E-state index is 10.8. The molecular formula is C36H50IrNO2-. The number of hydrogen-bond acceptors (Lipinski definition) is 3. The fourth-order valence-corrected chi connectivity index (χ4v) is 6.99. The first kappa shape index (κ1) is 32.9. The van der Waals surface area contributed by atoms with Gasteiger partial charge in [-0.2, -0.15) is 0 Å². The second-order valence-electron chi connectivity index (χ2n) is 14.0. The first-order valence-electron chi connectivity index (χ1n) is 15.1. The molecule has 0 amide bonds. The van der Waals surface area contributed by atoms with Crippen LogP contribution in [0.15, 0.2) is 42.6 Å². The van der Waals surface area contributed by atoms with E-state index < -0.39 is 0 Å². The zero-order valence-corrected chi connectivity index (χ0v) is 28.2. The Kier molecular flexibility index (Phi) is 10.8. The first-order valence-corrected chi connectivity index (χ1v) is 15.1. The molecule has 2 unspecified atom stereocenters. The summed E-state index contributed by atoms with van der Waals surface area (Å²) >= 11 is 0. The molecule has 2 aliphatic carbocycles. The third-order valence-corrected chi connectivity index (χ3v) is 9.53. The van der Waals surface area contributed by atoms with Crippen LogP contribution in [-0.4, -0.2) is 27.4 Å². The molecule has 1 heterocycles. The summed E-state index contributed by atoms with van der Waals surface area (Å²) in [5.74, 6) is 1.12. The van der Waals surface area contributed by atoms with Crippen molar-refractivity contribution in [1.82, 2.24) is 4.98 Å². The summed E-state index contributed by atoms with van der Waals surface area (Å²) in [6.07, 6.45) is 8.07. The number of aliphatic hydroxyl groups is 2. The number of aromatic nitrogens is 1. The number of aryl methyl sites for hydroxylation is 2. The topological polar surface area (TPSA) is 53.4 Å². The molecule has 3 aromatic rings.